The van der Waals surface area contributed by atoms with Gasteiger partial charge in [-0.2, -0.15) is 13.9 Å². The van der Waals surface area contributed by atoms with Crippen molar-refractivity contribution >= 4 is 12.1 Å². The van der Waals surface area contributed by atoms with Crippen LogP contribution in [-0.4, -0.2) is 45.7 Å². The van der Waals surface area contributed by atoms with Crippen LogP contribution in [-0.2, 0) is 0 Å². The maximum Gasteiger partial charge on any atom is 0.387 e. The molecular formula is C22H26F2N2O6. The molecule has 0 aromatic heterocycles. The van der Waals surface area contributed by atoms with E-state index in [9.17, 15) is 13.6 Å². The Hall–Kier alpha value is -3.56. The van der Waals surface area contributed by atoms with Gasteiger partial charge >= 0.3 is 6.61 Å². The number of amides is 1. The molecule has 0 spiro atoms. The Morgan fingerprint density at radius 1 is 0.969 bits per heavy atom. The Bertz CT molecular complexity index is 910. The Balaban J connectivity index is 2.20. The zero-order valence-corrected chi connectivity index (χ0v) is 18.3. The highest BCUT2D eigenvalue weighted by Crippen LogP contribution is 2.39. The molecule has 0 aliphatic rings. The van der Waals surface area contributed by atoms with Gasteiger partial charge in [-0.25, -0.2) is 5.43 Å². The first kappa shape index (κ1) is 24.7. The Morgan fingerprint density at radius 2 is 1.59 bits per heavy atom. The van der Waals surface area contributed by atoms with Gasteiger partial charge in [-0.15, -0.1) is 0 Å². The van der Waals surface area contributed by atoms with Gasteiger partial charge < -0.3 is 23.7 Å². The predicted molar refractivity (Wildman–Crippen MR) is 115 cm³/mol. The number of methoxy groups -OCH3 is 1. The van der Waals surface area contributed by atoms with Gasteiger partial charge in [0.1, 0.15) is 0 Å². The molecule has 0 aliphatic heterocycles. The Labute approximate surface area is 185 Å². The molecular weight excluding hydrogens is 426 g/mol. The summed E-state index contributed by atoms with van der Waals surface area (Å²) < 4.78 is 51.1. The maximum atomic E-state index is 12.6. The van der Waals surface area contributed by atoms with Gasteiger partial charge in [-0.05, 0) is 56.7 Å². The first-order chi connectivity index (χ1) is 15.4. The van der Waals surface area contributed by atoms with Gasteiger partial charge in [0.2, 0.25) is 5.75 Å². The molecule has 0 fully saturated rings. The summed E-state index contributed by atoms with van der Waals surface area (Å²) in [6, 6.07) is 7.35. The molecule has 1 N–H and O–H groups in total. The number of hydrogen-bond acceptors (Lipinski definition) is 7. The van der Waals surface area contributed by atoms with Crippen molar-refractivity contribution in [3.8, 4) is 28.7 Å². The van der Waals surface area contributed by atoms with Crippen molar-refractivity contribution < 1.29 is 37.3 Å². The predicted octanol–water partition coefficient (Wildman–Crippen LogP) is 4.26. The average molecular weight is 452 g/mol. The van der Waals surface area contributed by atoms with Crippen molar-refractivity contribution in [2.75, 3.05) is 26.9 Å². The van der Waals surface area contributed by atoms with Crippen LogP contribution in [0.25, 0.3) is 0 Å². The third-order valence-corrected chi connectivity index (χ3v) is 3.95. The molecule has 2 rings (SSSR count). The van der Waals surface area contributed by atoms with Crippen LogP contribution in [0.2, 0.25) is 0 Å². The molecule has 0 heterocycles. The second-order valence-corrected chi connectivity index (χ2v) is 6.09. The van der Waals surface area contributed by atoms with E-state index < -0.39 is 12.5 Å². The van der Waals surface area contributed by atoms with E-state index in [2.05, 4.69) is 15.3 Å². The molecule has 1 amide bonds. The molecule has 0 unspecified atom stereocenters. The van der Waals surface area contributed by atoms with E-state index >= 15 is 0 Å². The monoisotopic (exact) mass is 452 g/mol. The van der Waals surface area contributed by atoms with Gasteiger partial charge in [-0.3, -0.25) is 4.79 Å². The van der Waals surface area contributed by atoms with Crippen molar-refractivity contribution in [3.05, 3.63) is 41.5 Å². The lowest BCUT2D eigenvalue weighted by Crippen LogP contribution is -2.18. The molecule has 0 aliphatic carbocycles. The maximum absolute atomic E-state index is 12.6. The van der Waals surface area contributed by atoms with E-state index in [-0.39, 0.29) is 17.1 Å². The van der Waals surface area contributed by atoms with Gasteiger partial charge in [0.15, 0.2) is 23.0 Å². The van der Waals surface area contributed by atoms with Crippen molar-refractivity contribution in [1.82, 2.24) is 5.43 Å². The van der Waals surface area contributed by atoms with Gasteiger partial charge in [0.05, 0.1) is 33.1 Å². The third-order valence-electron chi connectivity index (χ3n) is 3.95. The zero-order valence-electron chi connectivity index (χ0n) is 18.3. The number of rotatable bonds is 12. The SMILES string of the molecule is CCOc1cc(C(=O)N/N=C/c2ccc(OC(F)F)c(OC)c2)cc(OCC)c1OCC. The lowest BCUT2D eigenvalue weighted by atomic mass is 10.1. The minimum absolute atomic E-state index is 0.106. The second-order valence-electron chi connectivity index (χ2n) is 6.09. The summed E-state index contributed by atoms with van der Waals surface area (Å²) in [5.41, 5.74) is 3.17. The summed E-state index contributed by atoms with van der Waals surface area (Å²) >= 11 is 0. The van der Waals surface area contributed by atoms with Crippen LogP contribution in [0.1, 0.15) is 36.7 Å². The molecule has 0 saturated heterocycles. The van der Waals surface area contributed by atoms with Crippen LogP contribution in [0, 0.1) is 0 Å². The standard InChI is InChI=1S/C22H26F2N2O6/c1-5-29-18-11-15(12-19(30-6-2)20(18)31-7-3)21(27)26-25-13-14-8-9-16(32-22(23)24)17(10-14)28-4/h8-13,22H,5-7H2,1-4H3,(H,26,27)/b25-13+. The average Bonchev–Trinajstić information content (AvgIpc) is 2.76. The van der Waals surface area contributed by atoms with E-state index in [1.807, 2.05) is 20.8 Å². The van der Waals surface area contributed by atoms with Crippen LogP contribution in [0.15, 0.2) is 35.4 Å². The minimum atomic E-state index is -2.97. The van der Waals surface area contributed by atoms with E-state index in [1.54, 1.807) is 12.1 Å². The number of halogens is 2. The smallest absolute Gasteiger partial charge is 0.387 e. The number of benzene rings is 2. The summed E-state index contributed by atoms with van der Waals surface area (Å²) in [5, 5.41) is 3.91. The summed E-state index contributed by atoms with van der Waals surface area (Å²) in [4.78, 5) is 12.6. The summed E-state index contributed by atoms with van der Waals surface area (Å²) in [6.45, 7) is 3.66. The second kappa shape index (κ2) is 12.3. The number of ether oxygens (including phenoxy) is 5. The summed E-state index contributed by atoms with van der Waals surface area (Å²) in [7, 11) is 1.33. The number of nitrogens with zero attached hydrogens (tertiary/aromatic N) is 1. The lowest BCUT2D eigenvalue weighted by Gasteiger charge is -2.16. The van der Waals surface area contributed by atoms with Crippen LogP contribution in [0.3, 0.4) is 0 Å². The van der Waals surface area contributed by atoms with Crippen molar-refractivity contribution in [3.63, 3.8) is 0 Å². The van der Waals surface area contributed by atoms with Crippen LogP contribution in [0.4, 0.5) is 8.78 Å². The summed E-state index contributed by atoms with van der Waals surface area (Å²) in [5.74, 6) is 0.688. The summed E-state index contributed by atoms with van der Waals surface area (Å²) in [6.07, 6.45) is 1.34. The van der Waals surface area contributed by atoms with Gasteiger partial charge in [0.25, 0.3) is 5.91 Å². The van der Waals surface area contributed by atoms with Crippen molar-refractivity contribution in [2.45, 2.75) is 27.4 Å². The fraction of sp³-hybridized carbons (Fsp3) is 0.364. The minimum Gasteiger partial charge on any atom is -0.493 e. The molecule has 8 nitrogen and oxygen atoms in total. The zero-order chi connectivity index (χ0) is 23.5. The number of carbonyl (C=O) groups is 1. The third kappa shape index (κ3) is 6.73. The van der Waals surface area contributed by atoms with Crippen molar-refractivity contribution in [1.29, 1.82) is 0 Å². The molecule has 0 bridgehead atoms. The molecule has 0 atom stereocenters. The van der Waals surface area contributed by atoms with E-state index in [1.165, 1.54) is 31.5 Å². The first-order valence-corrected chi connectivity index (χ1v) is 9.96. The highest BCUT2D eigenvalue weighted by Gasteiger charge is 2.18. The van der Waals surface area contributed by atoms with Crippen LogP contribution < -0.4 is 29.1 Å². The van der Waals surface area contributed by atoms with E-state index in [0.717, 1.165) is 0 Å². The van der Waals surface area contributed by atoms with E-state index in [0.29, 0.717) is 42.6 Å². The van der Waals surface area contributed by atoms with Crippen LogP contribution in [0.5, 0.6) is 28.7 Å². The number of alkyl halides is 2. The fourth-order valence-corrected chi connectivity index (χ4v) is 2.71. The number of hydrazone groups is 1. The molecule has 10 heteroatoms. The number of nitrogens with one attached hydrogen (secondary N) is 1. The highest BCUT2D eigenvalue weighted by atomic mass is 19.3. The quantitative estimate of drug-likeness (QED) is 0.383. The lowest BCUT2D eigenvalue weighted by molar-refractivity contribution is -0.0512. The molecule has 2 aromatic rings. The largest absolute Gasteiger partial charge is 0.493 e. The Morgan fingerprint density at radius 3 is 2.12 bits per heavy atom. The molecule has 0 radical (unpaired) electrons. The van der Waals surface area contributed by atoms with E-state index in [4.69, 9.17) is 18.9 Å². The number of hydrogen-bond donors (Lipinski definition) is 1. The molecule has 2 aromatic carbocycles. The van der Waals surface area contributed by atoms with Gasteiger partial charge in [-0.1, -0.05) is 0 Å². The molecule has 174 valence electrons. The number of carbonyl (C=O) groups excluding carboxylic acids is 1. The van der Waals surface area contributed by atoms with Gasteiger partial charge in [0, 0.05) is 5.56 Å². The molecule has 32 heavy (non-hydrogen) atoms. The van der Waals surface area contributed by atoms with Crippen LogP contribution >= 0.6 is 0 Å². The fourth-order valence-electron chi connectivity index (χ4n) is 2.71. The molecule has 0 saturated carbocycles. The van der Waals surface area contributed by atoms with Crippen molar-refractivity contribution in [2.24, 2.45) is 5.10 Å². The first-order valence-electron chi connectivity index (χ1n) is 9.96. The highest BCUT2D eigenvalue weighted by molar-refractivity contribution is 5.96. The normalized spacial score (nSPS) is 10.8. The topological polar surface area (TPSA) is 87.6 Å². The Kier molecular flexibility index (Phi) is 9.52.